The number of carbonyl (C=O) groups is 2. The van der Waals surface area contributed by atoms with Gasteiger partial charge in [-0.2, -0.15) is 0 Å². The molecule has 100 valence electrons. The molecule has 0 aromatic rings. The van der Waals surface area contributed by atoms with Crippen LogP contribution in [0.2, 0.25) is 0 Å². The lowest BCUT2D eigenvalue weighted by molar-refractivity contribution is -0.142. The molecule has 0 spiro atoms. The number of fused-ring (bicyclic) bond motifs is 1. The highest BCUT2D eigenvalue weighted by molar-refractivity contribution is 6.05. The molecule has 1 aliphatic carbocycles. The third-order valence-electron chi connectivity index (χ3n) is 4.56. The number of amides is 2. The molecule has 5 heteroatoms. The molecule has 2 amide bonds. The monoisotopic (exact) mass is 253 g/mol. The molecule has 0 radical (unpaired) electrons. The number of imide groups is 1. The second-order valence-corrected chi connectivity index (χ2v) is 5.62. The molecule has 3 rings (SSSR count). The van der Waals surface area contributed by atoms with Crippen LogP contribution in [-0.2, 0) is 14.3 Å². The highest BCUT2D eigenvalue weighted by Gasteiger charge is 2.50. The van der Waals surface area contributed by atoms with Crippen LogP contribution in [-0.4, -0.2) is 47.7 Å². The van der Waals surface area contributed by atoms with Crippen molar-refractivity contribution < 1.29 is 19.4 Å². The van der Waals surface area contributed by atoms with Crippen LogP contribution in [0.5, 0.6) is 0 Å². The van der Waals surface area contributed by atoms with E-state index in [1.165, 1.54) is 4.90 Å². The topological polar surface area (TPSA) is 66.8 Å². The van der Waals surface area contributed by atoms with Gasteiger partial charge in [0.15, 0.2) is 0 Å². The highest BCUT2D eigenvalue weighted by atomic mass is 16.5. The van der Waals surface area contributed by atoms with Gasteiger partial charge in [0, 0.05) is 12.5 Å². The van der Waals surface area contributed by atoms with Gasteiger partial charge >= 0.3 is 0 Å². The van der Waals surface area contributed by atoms with Gasteiger partial charge in [0.05, 0.1) is 31.1 Å². The number of nitrogens with zero attached hydrogens (tertiary/aromatic N) is 1. The lowest BCUT2D eigenvalue weighted by atomic mass is 10.00. The van der Waals surface area contributed by atoms with Crippen LogP contribution in [0.25, 0.3) is 0 Å². The van der Waals surface area contributed by atoms with Crippen LogP contribution >= 0.6 is 0 Å². The molecule has 1 saturated carbocycles. The van der Waals surface area contributed by atoms with Crippen molar-refractivity contribution in [1.82, 2.24) is 4.90 Å². The Hall–Kier alpha value is -0.940. The number of ether oxygens (including phenoxy) is 1. The van der Waals surface area contributed by atoms with E-state index in [9.17, 15) is 14.7 Å². The van der Waals surface area contributed by atoms with Crippen LogP contribution in [0.1, 0.15) is 25.7 Å². The van der Waals surface area contributed by atoms with E-state index in [2.05, 4.69) is 0 Å². The molecule has 2 saturated heterocycles. The van der Waals surface area contributed by atoms with Gasteiger partial charge < -0.3 is 9.84 Å². The fraction of sp³-hybridized carbons (Fsp3) is 0.846. The van der Waals surface area contributed by atoms with Crippen LogP contribution in [0.4, 0.5) is 0 Å². The summed E-state index contributed by atoms with van der Waals surface area (Å²) in [5.74, 6) is -0.291. The summed E-state index contributed by atoms with van der Waals surface area (Å²) >= 11 is 0. The number of hydrogen-bond donors (Lipinski definition) is 1. The predicted molar refractivity (Wildman–Crippen MR) is 62.5 cm³/mol. The molecule has 4 atom stereocenters. The lowest BCUT2D eigenvalue weighted by Gasteiger charge is -2.23. The van der Waals surface area contributed by atoms with Gasteiger partial charge in [-0.1, -0.05) is 6.42 Å². The number of rotatable bonds is 3. The fourth-order valence-corrected chi connectivity index (χ4v) is 3.43. The number of aliphatic hydroxyl groups excluding tert-OH is 1. The van der Waals surface area contributed by atoms with E-state index in [-0.39, 0.29) is 36.1 Å². The van der Waals surface area contributed by atoms with Crippen LogP contribution in [0, 0.1) is 17.8 Å². The van der Waals surface area contributed by atoms with Crippen molar-refractivity contribution in [3.8, 4) is 0 Å². The minimum Gasteiger partial charge on any atom is -0.391 e. The van der Waals surface area contributed by atoms with E-state index in [1.807, 2.05) is 0 Å². The number of carbonyl (C=O) groups excluding carboxylic acids is 2. The minimum atomic E-state index is -0.640. The second-order valence-electron chi connectivity index (χ2n) is 5.62. The molecule has 0 aromatic heterocycles. The smallest absolute Gasteiger partial charge is 0.233 e. The average Bonchev–Trinajstić information content (AvgIpc) is 3.05. The summed E-state index contributed by atoms with van der Waals surface area (Å²) in [6.45, 7) is 1.35. The van der Waals surface area contributed by atoms with E-state index in [4.69, 9.17) is 4.74 Å². The van der Waals surface area contributed by atoms with E-state index in [1.54, 1.807) is 0 Å². The molecular formula is C13H19NO4. The summed E-state index contributed by atoms with van der Waals surface area (Å²) in [5.41, 5.74) is 0. The van der Waals surface area contributed by atoms with E-state index < -0.39 is 6.10 Å². The zero-order chi connectivity index (χ0) is 12.7. The first-order valence-electron chi connectivity index (χ1n) is 6.79. The van der Waals surface area contributed by atoms with E-state index in [0.29, 0.717) is 13.2 Å². The van der Waals surface area contributed by atoms with E-state index in [0.717, 1.165) is 25.7 Å². The van der Waals surface area contributed by atoms with Gasteiger partial charge in [-0.15, -0.1) is 0 Å². The summed E-state index contributed by atoms with van der Waals surface area (Å²) in [6, 6.07) is 0. The Morgan fingerprint density at radius 1 is 1.22 bits per heavy atom. The molecule has 0 bridgehead atoms. The van der Waals surface area contributed by atoms with Crippen LogP contribution < -0.4 is 0 Å². The van der Waals surface area contributed by atoms with Crippen molar-refractivity contribution in [2.45, 2.75) is 31.8 Å². The largest absolute Gasteiger partial charge is 0.391 e. The molecule has 2 aliphatic heterocycles. The third-order valence-corrected chi connectivity index (χ3v) is 4.56. The van der Waals surface area contributed by atoms with Crippen molar-refractivity contribution in [3.63, 3.8) is 0 Å². The standard InChI is InChI=1S/C13H19NO4/c15-11(8-4-5-18-7-8)6-14-12(16)9-2-1-3-10(9)13(14)17/h8-11,15H,1-7H2. The van der Waals surface area contributed by atoms with Crippen molar-refractivity contribution in [2.75, 3.05) is 19.8 Å². The summed E-state index contributed by atoms with van der Waals surface area (Å²) in [4.78, 5) is 25.5. The Kier molecular flexibility index (Phi) is 3.11. The maximum atomic E-state index is 12.1. The molecular weight excluding hydrogens is 234 g/mol. The average molecular weight is 253 g/mol. The first kappa shape index (κ1) is 12.1. The predicted octanol–water partition coefficient (Wildman–Crippen LogP) is 0.169. The Labute approximate surface area is 106 Å². The van der Waals surface area contributed by atoms with Crippen molar-refractivity contribution in [2.24, 2.45) is 17.8 Å². The van der Waals surface area contributed by atoms with Gasteiger partial charge in [0.25, 0.3) is 0 Å². The number of likely N-dealkylation sites (tertiary alicyclic amines) is 1. The molecule has 4 unspecified atom stereocenters. The molecule has 5 nitrogen and oxygen atoms in total. The maximum absolute atomic E-state index is 12.1. The number of aliphatic hydroxyl groups is 1. The number of β-amino-alcohol motifs (C(OH)–C–C–N with tert-alkyl or cyclic N) is 1. The summed E-state index contributed by atoms with van der Waals surface area (Å²) in [7, 11) is 0. The molecule has 3 fully saturated rings. The van der Waals surface area contributed by atoms with Crippen LogP contribution in [0.15, 0.2) is 0 Å². The van der Waals surface area contributed by atoms with Crippen molar-refractivity contribution in [1.29, 1.82) is 0 Å². The fourth-order valence-electron chi connectivity index (χ4n) is 3.43. The second kappa shape index (κ2) is 4.63. The van der Waals surface area contributed by atoms with Gasteiger partial charge in [0.2, 0.25) is 11.8 Å². The normalized spacial score (nSPS) is 37.4. The van der Waals surface area contributed by atoms with Gasteiger partial charge in [-0.05, 0) is 19.3 Å². The van der Waals surface area contributed by atoms with Gasteiger partial charge in [0.1, 0.15) is 0 Å². The Bertz CT molecular complexity index is 342. The van der Waals surface area contributed by atoms with Crippen LogP contribution in [0.3, 0.4) is 0 Å². The first-order chi connectivity index (χ1) is 8.68. The molecule has 2 heterocycles. The third kappa shape index (κ3) is 1.86. The zero-order valence-corrected chi connectivity index (χ0v) is 10.4. The molecule has 1 N–H and O–H groups in total. The lowest BCUT2D eigenvalue weighted by Crippen LogP contribution is -2.41. The molecule has 0 aromatic carbocycles. The first-order valence-corrected chi connectivity index (χ1v) is 6.79. The Morgan fingerprint density at radius 3 is 2.44 bits per heavy atom. The quantitative estimate of drug-likeness (QED) is 0.728. The number of hydrogen-bond acceptors (Lipinski definition) is 4. The summed E-state index contributed by atoms with van der Waals surface area (Å²) in [6.07, 6.45) is 2.80. The Morgan fingerprint density at radius 2 is 1.89 bits per heavy atom. The minimum absolute atomic E-state index is 0.0611. The van der Waals surface area contributed by atoms with Crippen molar-refractivity contribution in [3.05, 3.63) is 0 Å². The Balaban J connectivity index is 1.65. The molecule has 18 heavy (non-hydrogen) atoms. The van der Waals surface area contributed by atoms with Gasteiger partial charge in [-0.3, -0.25) is 14.5 Å². The molecule has 3 aliphatic rings. The SMILES string of the molecule is O=C1C2CCCC2C(=O)N1CC(O)C1CCOC1. The maximum Gasteiger partial charge on any atom is 0.233 e. The van der Waals surface area contributed by atoms with Crippen molar-refractivity contribution >= 4 is 11.8 Å². The summed E-state index contributed by atoms with van der Waals surface area (Å²) < 4.78 is 5.22. The van der Waals surface area contributed by atoms with E-state index >= 15 is 0 Å². The zero-order valence-electron chi connectivity index (χ0n) is 10.4. The summed E-state index contributed by atoms with van der Waals surface area (Å²) in [5, 5.41) is 10.1. The highest BCUT2D eigenvalue weighted by Crippen LogP contribution is 2.39. The van der Waals surface area contributed by atoms with Gasteiger partial charge in [-0.25, -0.2) is 0 Å².